The molecule has 64 valence electrons. The van der Waals surface area contributed by atoms with Crippen LogP contribution < -0.4 is 0 Å². The van der Waals surface area contributed by atoms with E-state index in [1.807, 2.05) is 11.9 Å². The SMILES string of the molecule is CN1CCOC(CO)C1C=O. The van der Waals surface area contributed by atoms with Gasteiger partial charge in [-0.1, -0.05) is 0 Å². The van der Waals surface area contributed by atoms with Crippen molar-refractivity contribution >= 4 is 6.29 Å². The molecule has 0 radical (unpaired) electrons. The zero-order chi connectivity index (χ0) is 8.27. The van der Waals surface area contributed by atoms with Crippen LogP contribution in [0, 0.1) is 0 Å². The number of carbonyl (C=O) groups is 1. The Morgan fingerprint density at radius 3 is 3.00 bits per heavy atom. The first-order chi connectivity index (χ1) is 5.29. The van der Waals surface area contributed by atoms with E-state index in [0.717, 1.165) is 12.8 Å². The molecule has 0 aromatic rings. The van der Waals surface area contributed by atoms with Gasteiger partial charge in [-0.2, -0.15) is 0 Å². The molecule has 1 heterocycles. The van der Waals surface area contributed by atoms with E-state index >= 15 is 0 Å². The molecule has 1 fully saturated rings. The van der Waals surface area contributed by atoms with E-state index < -0.39 is 0 Å². The largest absolute Gasteiger partial charge is 0.394 e. The molecule has 0 bridgehead atoms. The number of morpholine rings is 1. The van der Waals surface area contributed by atoms with Crippen LogP contribution in [0.2, 0.25) is 0 Å². The van der Waals surface area contributed by atoms with Gasteiger partial charge < -0.3 is 14.6 Å². The van der Waals surface area contributed by atoms with Gasteiger partial charge in [0.1, 0.15) is 12.4 Å². The van der Waals surface area contributed by atoms with Gasteiger partial charge in [0, 0.05) is 6.54 Å². The lowest BCUT2D eigenvalue weighted by Crippen LogP contribution is -2.51. The van der Waals surface area contributed by atoms with Crippen LogP contribution in [0.4, 0.5) is 0 Å². The van der Waals surface area contributed by atoms with E-state index in [4.69, 9.17) is 9.84 Å². The van der Waals surface area contributed by atoms with Gasteiger partial charge in [0.15, 0.2) is 0 Å². The summed E-state index contributed by atoms with van der Waals surface area (Å²) >= 11 is 0. The molecule has 0 aromatic heterocycles. The van der Waals surface area contributed by atoms with Gasteiger partial charge in [-0.3, -0.25) is 4.90 Å². The van der Waals surface area contributed by atoms with Gasteiger partial charge in [-0.25, -0.2) is 0 Å². The van der Waals surface area contributed by atoms with Crippen molar-refractivity contribution in [1.82, 2.24) is 4.90 Å². The Hall–Kier alpha value is -0.450. The fraction of sp³-hybridized carbons (Fsp3) is 0.857. The highest BCUT2D eigenvalue weighted by atomic mass is 16.5. The summed E-state index contributed by atoms with van der Waals surface area (Å²) < 4.78 is 5.18. The smallest absolute Gasteiger partial charge is 0.139 e. The second-order valence-electron chi connectivity index (χ2n) is 2.70. The number of carbonyl (C=O) groups excluding carboxylic acids is 1. The Balaban J connectivity index is 2.55. The first-order valence-electron chi connectivity index (χ1n) is 3.67. The predicted molar refractivity (Wildman–Crippen MR) is 39.3 cm³/mol. The fourth-order valence-electron chi connectivity index (χ4n) is 1.23. The van der Waals surface area contributed by atoms with Crippen LogP contribution in [0.15, 0.2) is 0 Å². The van der Waals surface area contributed by atoms with Crippen molar-refractivity contribution in [2.45, 2.75) is 12.1 Å². The van der Waals surface area contributed by atoms with Gasteiger partial charge in [0.05, 0.1) is 19.3 Å². The summed E-state index contributed by atoms with van der Waals surface area (Å²) in [7, 11) is 1.85. The van der Waals surface area contributed by atoms with Gasteiger partial charge >= 0.3 is 0 Å². The summed E-state index contributed by atoms with van der Waals surface area (Å²) in [6, 6.07) is -0.284. The minimum Gasteiger partial charge on any atom is -0.394 e. The lowest BCUT2D eigenvalue weighted by Gasteiger charge is -2.34. The zero-order valence-electron chi connectivity index (χ0n) is 6.56. The number of nitrogens with zero attached hydrogens (tertiary/aromatic N) is 1. The molecule has 1 saturated heterocycles. The van der Waals surface area contributed by atoms with Crippen LogP contribution in [0.25, 0.3) is 0 Å². The predicted octanol–water partition coefficient (Wildman–Crippen LogP) is -1.12. The van der Waals surface area contributed by atoms with E-state index in [-0.39, 0.29) is 18.8 Å². The molecule has 0 spiro atoms. The molecule has 1 N–H and O–H groups in total. The number of hydrogen-bond acceptors (Lipinski definition) is 4. The van der Waals surface area contributed by atoms with Gasteiger partial charge in [0.2, 0.25) is 0 Å². The summed E-state index contributed by atoms with van der Waals surface area (Å²) in [5, 5.41) is 8.80. The number of hydrogen-bond donors (Lipinski definition) is 1. The third-order valence-corrected chi connectivity index (χ3v) is 1.99. The lowest BCUT2D eigenvalue weighted by molar-refractivity contribution is -0.128. The Bertz CT molecular complexity index is 140. The summed E-state index contributed by atoms with van der Waals surface area (Å²) in [4.78, 5) is 12.4. The monoisotopic (exact) mass is 159 g/mol. The van der Waals surface area contributed by atoms with Crippen molar-refractivity contribution in [3.05, 3.63) is 0 Å². The molecular formula is C7H13NO3. The second-order valence-corrected chi connectivity index (χ2v) is 2.70. The maximum absolute atomic E-state index is 10.5. The van der Waals surface area contributed by atoms with Crippen molar-refractivity contribution in [3.8, 4) is 0 Å². The molecule has 2 unspecified atom stereocenters. The summed E-state index contributed by atoms with van der Waals surface area (Å²) in [6.45, 7) is 1.25. The number of likely N-dealkylation sites (N-methyl/N-ethyl adjacent to an activating group) is 1. The highest BCUT2D eigenvalue weighted by molar-refractivity contribution is 5.58. The number of aliphatic hydroxyl groups is 1. The van der Waals surface area contributed by atoms with Crippen molar-refractivity contribution in [2.75, 3.05) is 26.8 Å². The molecule has 1 aliphatic rings. The molecule has 4 heteroatoms. The number of aliphatic hydroxyl groups excluding tert-OH is 1. The van der Waals surface area contributed by atoms with Gasteiger partial charge in [0.25, 0.3) is 0 Å². The topological polar surface area (TPSA) is 49.8 Å². The average Bonchev–Trinajstić information content (AvgIpc) is 2.04. The lowest BCUT2D eigenvalue weighted by atomic mass is 10.1. The van der Waals surface area contributed by atoms with Crippen molar-refractivity contribution in [3.63, 3.8) is 0 Å². The van der Waals surface area contributed by atoms with E-state index in [9.17, 15) is 4.79 Å². The van der Waals surface area contributed by atoms with Crippen LogP contribution in [-0.4, -0.2) is 55.2 Å². The Labute approximate surface area is 65.8 Å². The molecule has 0 aliphatic carbocycles. The van der Waals surface area contributed by atoms with E-state index in [2.05, 4.69) is 0 Å². The average molecular weight is 159 g/mol. The summed E-state index contributed by atoms with van der Waals surface area (Å²) in [6.07, 6.45) is 0.478. The number of ether oxygens (including phenoxy) is 1. The van der Waals surface area contributed by atoms with E-state index in [1.165, 1.54) is 0 Å². The first kappa shape index (κ1) is 8.64. The van der Waals surface area contributed by atoms with Gasteiger partial charge in [-0.05, 0) is 7.05 Å². The molecule has 1 rings (SSSR count). The van der Waals surface area contributed by atoms with Crippen molar-refractivity contribution < 1.29 is 14.6 Å². The van der Waals surface area contributed by atoms with Crippen LogP contribution >= 0.6 is 0 Å². The van der Waals surface area contributed by atoms with Crippen LogP contribution in [0.3, 0.4) is 0 Å². The molecule has 0 aromatic carbocycles. The highest BCUT2D eigenvalue weighted by Gasteiger charge is 2.28. The van der Waals surface area contributed by atoms with Gasteiger partial charge in [-0.15, -0.1) is 0 Å². The molecule has 1 aliphatic heterocycles. The summed E-state index contributed by atoms with van der Waals surface area (Å²) in [5.74, 6) is 0. The maximum Gasteiger partial charge on any atom is 0.139 e. The second kappa shape index (κ2) is 3.80. The van der Waals surface area contributed by atoms with Crippen LogP contribution in [0.5, 0.6) is 0 Å². The maximum atomic E-state index is 10.5. The molecule has 0 amide bonds. The standard InChI is InChI=1S/C7H13NO3/c1-8-2-3-11-7(5-10)6(8)4-9/h4,6-7,10H,2-3,5H2,1H3. The molecule has 4 nitrogen and oxygen atoms in total. The van der Waals surface area contributed by atoms with Crippen molar-refractivity contribution in [2.24, 2.45) is 0 Å². The molecule has 2 atom stereocenters. The Kier molecular flexibility index (Phi) is 2.99. The molecule has 11 heavy (non-hydrogen) atoms. The highest BCUT2D eigenvalue weighted by Crippen LogP contribution is 2.09. The Morgan fingerprint density at radius 1 is 1.82 bits per heavy atom. The normalized spacial score (nSPS) is 33.6. The fourth-order valence-corrected chi connectivity index (χ4v) is 1.23. The minimum absolute atomic E-state index is 0.0895. The quantitative estimate of drug-likeness (QED) is 0.518. The zero-order valence-corrected chi connectivity index (χ0v) is 6.56. The van der Waals surface area contributed by atoms with Crippen LogP contribution in [-0.2, 0) is 9.53 Å². The molecule has 0 saturated carbocycles. The minimum atomic E-state index is -0.341. The molecular weight excluding hydrogens is 146 g/mol. The van der Waals surface area contributed by atoms with Crippen molar-refractivity contribution in [1.29, 1.82) is 0 Å². The third kappa shape index (κ3) is 1.77. The Morgan fingerprint density at radius 2 is 2.55 bits per heavy atom. The summed E-state index contributed by atoms with van der Waals surface area (Å²) in [5.41, 5.74) is 0. The van der Waals surface area contributed by atoms with E-state index in [0.29, 0.717) is 6.61 Å². The van der Waals surface area contributed by atoms with Crippen LogP contribution in [0.1, 0.15) is 0 Å². The first-order valence-corrected chi connectivity index (χ1v) is 3.67. The number of rotatable bonds is 2. The number of aldehydes is 1. The van der Waals surface area contributed by atoms with E-state index in [1.54, 1.807) is 0 Å². The third-order valence-electron chi connectivity index (χ3n) is 1.99.